The van der Waals surface area contributed by atoms with E-state index in [1.54, 1.807) is 36.4 Å². The minimum Gasteiger partial charge on any atom is -0.457 e. The van der Waals surface area contributed by atoms with Gasteiger partial charge in [-0.3, -0.25) is 9.59 Å². The van der Waals surface area contributed by atoms with Crippen LogP contribution in [0.5, 0.6) is 11.5 Å². The Balaban J connectivity index is 1.40. The van der Waals surface area contributed by atoms with Crippen LogP contribution in [0.4, 0.5) is 10.1 Å². The van der Waals surface area contributed by atoms with Gasteiger partial charge in [-0.1, -0.05) is 30.3 Å². The van der Waals surface area contributed by atoms with Gasteiger partial charge in [-0.15, -0.1) is 0 Å². The van der Waals surface area contributed by atoms with Gasteiger partial charge < -0.3 is 15.4 Å². The van der Waals surface area contributed by atoms with E-state index in [0.29, 0.717) is 24.4 Å². The Morgan fingerprint density at radius 2 is 1.45 bits per heavy atom. The van der Waals surface area contributed by atoms with E-state index in [9.17, 15) is 14.0 Å². The van der Waals surface area contributed by atoms with E-state index in [1.165, 1.54) is 12.1 Å². The second-order valence-corrected chi connectivity index (χ2v) is 6.39. The maximum Gasteiger partial charge on any atom is 0.233 e. The first-order valence-corrected chi connectivity index (χ1v) is 9.22. The number of halogens is 1. The molecule has 0 aliphatic carbocycles. The van der Waals surface area contributed by atoms with E-state index in [-0.39, 0.29) is 18.1 Å². The Morgan fingerprint density at radius 1 is 0.793 bits per heavy atom. The molecule has 0 radical (unpaired) electrons. The van der Waals surface area contributed by atoms with E-state index < -0.39 is 5.91 Å². The SMILES string of the molecule is O=C(CC(=O)Nc1ccc(Oc2ccccc2)cc1)NCCc1ccc(F)cc1. The number of nitrogens with one attached hydrogen (secondary N) is 2. The summed E-state index contributed by atoms with van der Waals surface area (Å²) in [5.41, 5.74) is 1.49. The first kappa shape index (κ1) is 20.1. The highest BCUT2D eigenvalue weighted by Gasteiger charge is 2.09. The lowest BCUT2D eigenvalue weighted by molar-refractivity contribution is -0.126. The fourth-order valence-corrected chi connectivity index (χ4v) is 2.64. The van der Waals surface area contributed by atoms with Crippen molar-refractivity contribution < 1.29 is 18.7 Å². The van der Waals surface area contributed by atoms with Gasteiger partial charge in [0.15, 0.2) is 0 Å². The van der Waals surface area contributed by atoms with Crippen LogP contribution in [0.2, 0.25) is 0 Å². The van der Waals surface area contributed by atoms with Gasteiger partial charge in [0.2, 0.25) is 11.8 Å². The molecular formula is C23H21FN2O3. The number of benzene rings is 3. The second-order valence-electron chi connectivity index (χ2n) is 6.39. The van der Waals surface area contributed by atoms with Crippen LogP contribution >= 0.6 is 0 Å². The molecule has 0 saturated carbocycles. The van der Waals surface area contributed by atoms with Gasteiger partial charge in [0.05, 0.1) is 0 Å². The lowest BCUT2D eigenvalue weighted by atomic mass is 10.1. The number of hydrogen-bond donors (Lipinski definition) is 2. The van der Waals surface area contributed by atoms with Crippen molar-refractivity contribution in [2.45, 2.75) is 12.8 Å². The lowest BCUT2D eigenvalue weighted by Crippen LogP contribution is -2.29. The fourth-order valence-electron chi connectivity index (χ4n) is 2.64. The van der Waals surface area contributed by atoms with Crippen molar-refractivity contribution in [3.63, 3.8) is 0 Å². The predicted octanol–water partition coefficient (Wildman–Crippen LogP) is 4.31. The van der Waals surface area contributed by atoms with Crippen molar-refractivity contribution in [2.75, 3.05) is 11.9 Å². The van der Waals surface area contributed by atoms with Gasteiger partial charge in [0, 0.05) is 12.2 Å². The standard InChI is InChI=1S/C23H21FN2O3/c24-18-8-6-17(7-9-18)14-15-25-22(27)16-23(28)26-19-10-12-21(13-11-19)29-20-4-2-1-3-5-20/h1-13H,14-16H2,(H,25,27)(H,26,28). The fraction of sp³-hybridized carbons (Fsp3) is 0.130. The molecule has 2 N–H and O–H groups in total. The molecule has 5 nitrogen and oxygen atoms in total. The summed E-state index contributed by atoms with van der Waals surface area (Å²) in [7, 11) is 0. The summed E-state index contributed by atoms with van der Waals surface area (Å²) < 4.78 is 18.6. The summed E-state index contributed by atoms with van der Waals surface area (Å²) in [4.78, 5) is 23.9. The van der Waals surface area contributed by atoms with Gasteiger partial charge in [-0.2, -0.15) is 0 Å². The Kier molecular flexibility index (Phi) is 6.95. The Labute approximate surface area is 168 Å². The molecule has 0 unspecified atom stereocenters. The van der Waals surface area contributed by atoms with Gasteiger partial charge in [-0.05, 0) is 60.5 Å². The number of para-hydroxylation sites is 1. The molecule has 0 saturated heterocycles. The average molecular weight is 392 g/mol. The molecule has 0 bridgehead atoms. The number of carbonyl (C=O) groups is 2. The van der Waals surface area contributed by atoms with Gasteiger partial charge in [0.1, 0.15) is 23.7 Å². The summed E-state index contributed by atoms with van der Waals surface area (Å²) in [6.07, 6.45) is 0.294. The quantitative estimate of drug-likeness (QED) is 0.562. The highest BCUT2D eigenvalue weighted by Crippen LogP contribution is 2.22. The third-order valence-corrected chi connectivity index (χ3v) is 4.09. The normalized spacial score (nSPS) is 10.2. The van der Waals surface area contributed by atoms with E-state index in [1.807, 2.05) is 30.3 Å². The van der Waals surface area contributed by atoms with Crippen molar-refractivity contribution in [3.05, 3.63) is 90.2 Å². The van der Waals surface area contributed by atoms with Crippen molar-refractivity contribution in [1.82, 2.24) is 5.32 Å². The maximum atomic E-state index is 12.9. The third-order valence-electron chi connectivity index (χ3n) is 4.09. The van der Waals surface area contributed by atoms with Gasteiger partial charge >= 0.3 is 0 Å². The van der Waals surface area contributed by atoms with Crippen LogP contribution in [0.15, 0.2) is 78.9 Å². The molecule has 0 atom stereocenters. The highest BCUT2D eigenvalue weighted by atomic mass is 19.1. The van der Waals surface area contributed by atoms with Crippen LogP contribution in [0.3, 0.4) is 0 Å². The van der Waals surface area contributed by atoms with Crippen LogP contribution in [-0.2, 0) is 16.0 Å². The molecule has 3 aromatic rings. The van der Waals surface area contributed by atoms with Crippen LogP contribution < -0.4 is 15.4 Å². The number of anilines is 1. The minimum absolute atomic E-state index is 0.272. The molecule has 0 aliphatic heterocycles. The first-order chi connectivity index (χ1) is 14.1. The minimum atomic E-state index is -0.402. The molecule has 0 aliphatic rings. The van der Waals surface area contributed by atoms with Crippen LogP contribution in [0.25, 0.3) is 0 Å². The second kappa shape index (κ2) is 10.0. The van der Waals surface area contributed by atoms with Crippen LogP contribution in [0, 0.1) is 5.82 Å². The molecule has 0 spiro atoms. The average Bonchev–Trinajstić information content (AvgIpc) is 2.72. The summed E-state index contributed by atoms with van der Waals surface area (Å²) in [6.45, 7) is 0.378. The highest BCUT2D eigenvalue weighted by molar-refractivity contribution is 6.03. The zero-order valence-electron chi connectivity index (χ0n) is 15.7. The van der Waals surface area contributed by atoms with Crippen molar-refractivity contribution >= 4 is 17.5 Å². The summed E-state index contributed by atoms with van der Waals surface area (Å²) >= 11 is 0. The van der Waals surface area contributed by atoms with Crippen molar-refractivity contribution in [3.8, 4) is 11.5 Å². The van der Waals surface area contributed by atoms with Crippen LogP contribution in [-0.4, -0.2) is 18.4 Å². The number of amides is 2. The maximum absolute atomic E-state index is 12.9. The Bertz CT molecular complexity index is 942. The number of ether oxygens (including phenoxy) is 1. The Hall–Kier alpha value is -3.67. The van der Waals surface area contributed by atoms with Crippen molar-refractivity contribution in [1.29, 1.82) is 0 Å². The zero-order chi connectivity index (χ0) is 20.5. The molecule has 0 fully saturated rings. The van der Waals surface area contributed by atoms with E-state index >= 15 is 0 Å². The van der Waals surface area contributed by atoms with E-state index in [4.69, 9.17) is 4.74 Å². The molecule has 0 heterocycles. The lowest BCUT2D eigenvalue weighted by Gasteiger charge is -2.09. The molecule has 2 amide bonds. The molecule has 0 aromatic heterocycles. The first-order valence-electron chi connectivity index (χ1n) is 9.22. The molecule has 6 heteroatoms. The molecular weight excluding hydrogens is 371 g/mol. The van der Waals surface area contributed by atoms with Crippen LogP contribution in [0.1, 0.15) is 12.0 Å². The van der Waals surface area contributed by atoms with E-state index in [2.05, 4.69) is 10.6 Å². The number of rotatable bonds is 8. The summed E-state index contributed by atoms with van der Waals surface area (Å²) in [6, 6.07) is 22.4. The Morgan fingerprint density at radius 3 is 2.14 bits per heavy atom. The number of hydrogen-bond acceptors (Lipinski definition) is 3. The largest absolute Gasteiger partial charge is 0.457 e. The van der Waals surface area contributed by atoms with Gasteiger partial charge in [0.25, 0.3) is 0 Å². The molecule has 148 valence electrons. The van der Waals surface area contributed by atoms with Gasteiger partial charge in [-0.25, -0.2) is 4.39 Å². The van der Waals surface area contributed by atoms with E-state index in [0.717, 1.165) is 11.3 Å². The smallest absolute Gasteiger partial charge is 0.233 e. The predicted molar refractivity (Wildman–Crippen MR) is 109 cm³/mol. The molecule has 3 rings (SSSR count). The summed E-state index contributed by atoms with van der Waals surface area (Å²) in [5, 5.41) is 5.37. The topological polar surface area (TPSA) is 67.4 Å². The number of carbonyl (C=O) groups excluding carboxylic acids is 2. The molecule has 29 heavy (non-hydrogen) atoms. The third kappa shape index (κ3) is 6.77. The monoisotopic (exact) mass is 392 g/mol. The zero-order valence-corrected chi connectivity index (χ0v) is 15.7. The van der Waals surface area contributed by atoms with Crippen molar-refractivity contribution in [2.24, 2.45) is 0 Å². The summed E-state index contributed by atoms with van der Waals surface area (Å²) in [5.74, 6) is 0.304. The molecule has 3 aromatic carbocycles.